The van der Waals surface area contributed by atoms with Gasteiger partial charge in [-0.15, -0.1) is 0 Å². The fourth-order valence-electron chi connectivity index (χ4n) is 3.21. The van der Waals surface area contributed by atoms with Crippen LogP contribution in [0.3, 0.4) is 0 Å². The largest absolute Gasteiger partial charge is 0.506 e. The van der Waals surface area contributed by atoms with Crippen molar-refractivity contribution in [1.29, 1.82) is 5.26 Å². The van der Waals surface area contributed by atoms with E-state index in [2.05, 4.69) is 23.0 Å². The highest BCUT2D eigenvalue weighted by atomic mass is 16.3. The van der Waals surface area contributed by atoms with E-state index in [1.54, 1.807) is 0 Å². The van der Waals surface area contributed by atoms with E-state index in [-0.39, 0.29) is 11.3 Å². The Kier molecular flexibility index (Phi) is 4.12. The minimum atomic E-state index is 0.130. The fourth-order valence-corrected chi connectivity index (χ4v) is 3.21. The zero-order valence-electron chi connectivity index (χ0n) is 12.8. The molecule has 0 bridgehead atoms. The van der Waals surface area contributed by atoms with E-state index < -0.39 is 0 Å². The summed E-state index contributed by atoms with van der Waals surface area (Å²) in [5.41, 5.74) is 1.93. The van der Waals surface area contributed by atoms with E-state index in [1.807, 2.05) is 24.3 Å². The first-order valence-electron chi connectivity index (χ1n) is 7.78. The number of aromatic amines is 1. The molecule has 22 heavy (non-hydrogen) atoms. The number of hydrogen-bond donors (Lipinski definition) is 3. The molecule has 1 fully saturated rings. The maximum atomic E-state index is 10.4. The first-order chi connectivity index (χ1) is 10.7. The SMILES string of the molecule is C[C@@H]1CCC[NH+](C/C(O)=C(\C#N)c2nc3ccccc3[nH]2)C1. The molecule has 1 aromatic carbocycles. The van der Waals surface area contributed by atoms with E-state index in [4.69, 9.17) is 0 Å². The molecule has 3 rings (SSSR count). The summed E-state index contributed by atoms with van der Waals surface area (Å²) >= 11 is 0. The summed E-state index contributed by atoms with van der Waals surface area (Å²) in [6.07, 6.45) is 2.43. The van der Waals surface area contributed by atoms with Crippen LogP contribution in [-0.2, 0) is 0 Å². The van der Waals surface area contributed by atoms with Crippen LogP contribution in [0.1, 0.15) is 25.6 Å². The summed E-state index contributed by atoms with van der Waals surface area (Å²) in [7, 11) is 0. The average molecular weight is 297 g/mol. The Hall–Kier alpha value is -2.32. The van der Waals surface area contributed by atoms with Gasteiger partial charge in [0, 0.05) is 5.92 Å². The number of allylic oxidation sites excluding steroid dienone is 1. The van der Waals surface area contributed by atoms with E-state index in [0.717, 1.165) is 24.1 Å². The number of piperidine rings is 1. The van der Waals surface area contributed by atoms with Crippen LogP contribution in [0.2, 0.25) is 0 Å². The third-order valence-electron chi connectivity index (χ3n) is 4.31. The highest BCUT2D eigenvalue weighted by Crippen LogP contribution is 2.18. The van der Waals surface area contributed by atoms with E-state index in [9.17, 15) is 10.4 Å². The van der Waals surface area contributed by atoms with Crippen molar-refractivity contribution in [2.45, 2.75) is 19.8 Å². The molecule has 1 unspecified atom stereocenters. The number of aromatic nitrogens is 2. The normalized spacial score (nSPS) is 23.1. The number of H-pyrrole nitrogens is 1. The molecule has 0 radical (unpaired) electrons. The smallest absolute Gasteiger partial charge is 0.169 e. The highest BCUT2D eigenvalue weighted by molar-refractivity contribution is 5.82. The van der Waals surface area contributed by atoms with Crippen molar-refractivity contribution < 1.29 is 10.0 Å². The molecular formula is C17H21N4O+. The number of benzene rings is 1. The zero-order valence-corrected chi connectivity index (χ0v) is 12.8. The van der Waals surface area contributed by atoms with Gasteiger partial charge in [0.15, 0.2) is 11.6 Å². The predicted octanol–water partition coefficient (Wildman–Crippen LogP) is 1.67. The maximum absolute atomic E-state index is 10.4. The number of fused-ring (bicyclic) bond motifs is 1. The van der Waals surface area contributed by atoms with Crippen LogP contribution in [-0.4, -0.2) is 34.7 Å². The van der Waals surface area contributed by atoms with Crippen LogP contribution < -0.4 is 4.90 Å². The number of quaternary nitrogens is 1. The maximum Gasteiger partial charge on any atom is 0.169 e. The summed E-state index contributed by atoms with van der Waals surface area (Å²) < 4.78 is 0. The van der Waals surface area contributed by atoms with E-state index in [1.165, 1.54) is 17.7 Å². The molecule has 1 aliphatic rings. The lowest BCUT2D eigenvalue weighted by Crippen LogP contribution is -3.13. The Morgan fingerprint density at radius 2 is 2.32 bits per heavy atom. The van der Waals surface area contributed by atoms with Crippen molar-refractivity contribution in [2.24, 2.45) is 5.92 Å². The van der Waals surface area contributed by atoms with Crippen LogP contribution in [0.25, 0.3) is 16.6 Å². The molecule has 2 aromatic rings. The molecule has 2 heterocycles. The van der Waals surface area contributed by atoms with E-state index in [0.29, 0.717) is 18.3 Å². The Balaban J connectivity index is 1.86. The first kappa shape index (κ1) is 14.6. The fraction of sp³-hybridized carbons (Fsp3) is 0.412. The van der Waals surface area contributed by atoms with Crippen molar-refractivity contribution in [3.8, 4) is 6.07 Å². The van der Waals surface area contributed by atoms with Gasteiger partial charge in [-0.2, -0.15) is 5.26 Å². The second-order valence-corrected chi connectivity index (χ2v) is 6.16. The molecule has 0 amide bonds. The van der Waals surface area contributed by atoms with Crippen LogP contribution in [0.15, 0.2) is 30.0 Å². The highest BCUT2D eigenvalue weighted by Gasteiger charge is 2.23. The summed E-state index contributed by atoms with van der Waals surface area (Å²) in [4.78, 5) is 8.85. The van der Waals surface area contributed by atoms with E-state index >= 15 is 0 Å². The number of aliphatic hydroxyl groups excluding tert-OH is 1. The third-order valence-corrected chi connectivity index (χ3v) is 4.31. The van der Waals surface area contributed by atoms with Crippen molar-refractivity contribution >= 4 is 16.6 Å². The minimum Gasteiger partial charge on any atom is -0.506 e. The quantitative estimate of drug-likeness (QED) is 0.596. The molecule has 5 heteroatoms. The molecule has 1 aliphatic heterocycles. The van der Waals surface area contributed by atoms with Gasteiger partial charge < -0.3 is 15.0 Å². The third kappa shape index (κ3) is 2.97. The summed E-state index contributed by atoms with van der Waals surface area (Å²) in [6, 6.07) is 9.72. The lowest BCUT2D eigenvalue weighted by molar-refractivity contribution is -0.905. The molecule has 0 spiro atoms. The molecule has 0 saturated carbocycles. The number of likely N-dealkylation sites (tertiary alicyclic amines) is 1. The van der Waals surface area contributed by atoms with Crippen LogP contribution >= 0.6 is 0 Å². The van der Waals surface area contributed by atoms with Gasteiger partial charge in [0.25, 0.3) is 0 Å². The average Bonchev–Trinajstić information content (AvgIpc) is 2.91. The zero-order chi connectivity index (χ0) is 15.5. The lowest BCUT2D eigenvalue weighted by atomic mass is 10.00. The Morgan fingerprint density at radius 1 is 1.50 bits per heavy atom. The number of para-hydroxylation sites is 2. The topological polar surface area (TPSA) is 77.1 Å². The van der Waals surface area contributed by atoms with Gasteiger partial charge in [0.05, 0.1) is 24.1 Å². The van der Waals surface area contributed by atoms with Crippen LogP contribution in [0.5, 0.6) is 0 Å². The summed E-state index contributed by atoms with van der Waals surface area (Å²) in [5, 5.41) is 19.8. The standard InChI is InChI=1S/C17H20N4O/c1-12-5-4-8-21(10-12)11-16(22)13(9-18)17-19-14-6-2-3-7-15(14)20-17/h2-3,6-7,12,22H,4-5,8,10-11H2,1H3,(H,19,20)/p+1/b16-13-/t12-/m1/s1. The number of nitrogens with one attached hydrogen (secondary N) is 2. The number of nitriles is 1. The number of imidazole rings is 1. The molecule has 1 saturated heterocycles. The van der Waals surface area contributed by atoms with Gasteiger partial charge in [-0.25, -0.2) is 4.98 Å². The van der Waals surface area contributed by atoms with Crippen molar-refractivity contribution in [1.82, 2.24) is 9.97 Å². The van der Waals surface area contributed by atoms with Gasteiger partial charge in [-0.05, 0) is 25.0 Å². The molecular weight excluding hydrogens is 276 g/mol. The monoisotopic (exact) mass is 297 g/mol. The number of rotatable bonds is 3. The van der Waals surface area contributed by atoms with Crippen LogP contribution in [0.4, 0.5) is 0 Å². The van der Waals surface area contributed by atoms with Crippen molar-refractivity contribution in [3.05, 3.63) is 35.8 Å². The Morgan fingerprint density at radius 3 is 3.05 bits per heavy atom. The second kappa shape index (κ2) is 6.20. The van der Waals surface area contributed by atoms with Gasteiger partial charge in [0.1, 0.15) is 18.2 Å². The molecule has 0 aliphatic carbocycles. The van der Waals surface area contributed by atoms with Gasteiger partial charge in [-0.1, -0.05) is 19.1 Å². The number of hydrogen-bond acceptors (Lipinski definition) is 3. The van der Waals surface area contributed by atoms with Gasteiger partial charge >= 0.3 is 0 Å². The lowest BCUT2D eigenvalue weighted by Gasteiger charge is -2.27. The molecule has 2 atom stereocenters. The summed E-state index contributed by atoms with van der Waals surface area (Å²) in [6.45, 7) is 4.82. The van der Waals surface area contributed by atoms with Gasteiger partial charge in [-0.3, -0.25) is 0 Å². The van der Waals surface area contributed by atoms with Crippen LogP contribution in [0, 0.1) is 17.2 Å². The summed E-state index contributed by atoms with van der Waals surface area (Å²) in [5.74, 6) is 1.25. The van der Waals surface area contributed by atoms with Gasteiger partial charge in [0.2, 0.25) is 0 Å². The molecule has 5 nitrogen and oxygen atoms in total. The predicted molar refractivity (Wildman–Crippen MR) is 85.2 cm³/mol. The first-order valence-corrected chi connectivity index (χ1v) is 7.78. The molecule has 1 aromatic heterocycles. The van der Waals surface area contributed by atoms with Crippen molar-refractivity contribution in [3.63, 3.8) is 0 Å². The molecule has 114 valence electrons. The Bertz CT molecular complexity index is 707. The Labute approximate surface area is 129 Å². The second-order valence-electron chi connectivity index (χ2n) is 6.16. The van der Waals surface area contributed by atoms with Crippen molar-refractivity contribution in [2.75, 3.05) is 19.6 Å². The number of nitrogens with zero attached hydrogens (tertiary/aromatic N) is 2. The number of aliphatic hydroxyl groups is 1. The molecule has 3 N–H and O–H groups in total. The minimum absolute atomic E-state index is 0.130.